The highest BCUT2D eigenvalue weighted by molar-refractivity contribution is 6.02. The van der Waals surface area contributed by atoms with Crippen LogP contribution < -0.4 is 14.2 Å². The number of hydrogen-bond donors (Lipinski definition) is 0. The summed E-state index contributed by atoms with van der Waals surface area (Å²) in [5.41, 5.74) is 5.52. The van der Waals surface area contributed by atoms with Crippen molar-refractivity contribution in [2.75, 3.05) is 14.2 Å². The van der Waals surface area contributed by atoms with Gasteiger partial charge in [-0.15, -0.1) is 0 Å². The van der Waals surface area contributed by atoms with Crippen LogP contribution in [0.2, 0.25) is 0 Å². The molecule has 152 valence electrons. The van der Waals surface area contributed by atoms with E-state index >= 15 is 0 Å². The minimum absolute atomic E-state index is 0.0901. The number of ether oxygens (including phenoxy) is 3. The summed E-state index contributed by atoms with van der Waals surface area (Å²) >= 11 is 0. The Labute approximate surface area is 176 Å². The molecular weight excluding hydrogens is 376 g/mol. The van der Waals surface area contributed by atoms with Gasteiger partial charge in [0.15, 0.2) is 11.5 Å². The number of fused-ring (bicyclic) bond motifs is 3. The van der Waals surface area contributed by atoms with Crippen molar-refractivity contribution in [3.05, 3.63) is 89.0 Å². The van der Waals surface area contributed by atoms with Gasteiger partial charge in [-0.25, -0.2) is 5.01 Å². The average molecular weight is 400 g/mol. The third kappa shape index (κ3) is 3.07. The Morgan fingerprint density at radius 3 is 2.40 bits per heavy atom. The first-order valence-corrected chi connectivity index (χ1v) is 10.1. The van der Waals surface area contributed by atoms with Crippen molar-refractivity contribution in [2.45, 2.75) is 25.6 Å². The lowest BCUT2D eigenvalue weighted by Gasteiger charge is -2.38. The van der Waals surface area contributed by atoms with Crippen LogP contribution in [0.15, 0.2) is 71.8 Å². The molecule has 0 bridgehead atoms. The van der Waals surface area contributed by atoms with Crippen molar-refractivity contribution in [3.8, 4) is 17.2 Å². The first kappa shape index (κ1) is 18.6. The van der Waals surface area contributed by atoms with Crippen LogP contribution in [0.5, 0.6) is 17.2 Å². The zero-order valence-corrected chi connectivity index (χ0v) is 17.3. The van der Waals surface area contributed by atoms with E-state index < -0.39 is 0 Å². The van der Waals surface area contributed by atoms with Crippen molar-refractivity contribution < 1.29 is 14.2 Å². The minimum atomic E-state index is -0.310. The number of hydrazone groups is 1. The number of methoxy groups -OCH3 is 2. The molecule has 5 rings (SSSR count). The van der Waals surface area contributed by atoms with Crippen molar-refractivity contribution in [1.29, 1.82) is 0 Å². The van der Waals surface area contributed by atoms with Gasteiger partial charge in [0.1, 0.15) is 5.75 Å². The van der Waals surface area contributed by atoms with Crippen LogP contribution in [0.3, 0.4) is 0 Å². The summed E-state index contributed by atoms with van der Waals surface area (Å²) in [7, 11) is 3.36. The SMILES string of the molecule is COc1ccc(C2=NN3[C@H](C2)c2cccc(OC)c2O[C@@H]3c2ccc(C)cc2)cc1. The molecular formula is C25H24N2O3. The van der Waals surface area contributed by atoms with Gasteiger partial charge in [0.05, 0.1) is 26.0 Å². The molecule has 0 aliphatic carbocycles. The summed E-state index contributed by atoms with van der Waals surface area (Å²) in [6.07, 6.45) is 0.494. The molecule has 2 aliphatic rings. The second-order valence-corrected chi connectivity index (χ2v) is 7.63. The maximum atomic E-state index is 6.49. The second kappa shape index (κ2) is 7.41. The van der Waals surface area contributed by atoms with Crippen LogP contribution in [-0.2, 0) is 0 Å². The Morgan fingerprint density at radius 1 is 0.933 bits per heavy atom. The van der Waals surface area contributed by atoms with Crippen LogP contribution >= 0.6 is 0 Å². The number of rotatable bonds is 4. The molecule has 0 amide bonds. The largest absolute Gasteiger partial charge is 0.497 e. The van der Waals surface area contributed by atoms with Gasteiger partial charge < -0.3 is 14.2 Å². The summed E-state index contributed by atoms with van der Waals surface area (Å²) in [5.74, 6) is 2.39. The van der Waals surface area contributed by atoms with Crippen LogP contribution in [0.25, 0.3) is 0 Å². The van der Waals surface area contributed by atoms with E-state index in [9.17, 15) is 0 Å². The van der Waals surface area contributed by atoms with E-state index in [0.29, 0.717) is 0 Å². The lowest BCUT2D eigenvalue weighted by Crippen LogP contribution is -2.33. The summed E-state index contributed by atoms with van der Waals surface area (Å²) in [6.45, 7) is 2.09. The van der Waals surface area contributed by atoms with Crippen molar-refractivity contribution in [3.63, 3.8) is 0 Å². The third-order valence-electron chi connectivity index (χ3n) is 5.79. The number of aryl methyl sites for hydroxylation is 1. The molecule has 2 heterocycles. The molecule has 30 heavy (non-hydrogen) atoms. The van der Waals surface area contributed by atoms with Gasteiger partial charge in [-0.3, -0.25) is 0 Å². The van der Waals surface area contributed by atoms with E-state index in [2.05, 4.69) is 54.4 Å². The Kier molecular flexibility index (Phi) is 4.58. The van der Waals surface area contributed by atoms with E-state index in [0.717, 1.165) is 46.1 Å². The third-order valence-corrected chi connectivity index (χ3v) is 5.79. The van der Waals surface area contributed by atoms with E-state index in [-0.39, 0.29) is 12.3 Å². The molecule has 3 aromatic carbocycles. The van der Waals surface area contributed by atoms with Gasteiger partial charge in [-0.2, -0.15) is 5.10 Å². The molecule has 2 atom stereocenters. The Balaban J connectivity index is 1.59. The van der Waals surface area contributed by atoms with Crippen LogP contribution in [-0.4, -0.2) is 24.9 Å². The first-order chi connectivity index (χ1) is 14.7. The van der Waals surface area contributed by atoms with E-state index in [1.807, 2.05) is 24.3 Å². The van der Waals surface area contributed by atoms with Crippen LogP contribution in [0.1, 0.15) is 40.9 Å². The lowest BCUT2D eigenvalue weighted by molar-refractivity contribution is -0.0209. The molecule has 2 aliphatic heterocycles. The zero-order valence-electron chi connectivity index (χ0n) is 17.3. The highest BCUT2D eigenvalue weighted by Crippen LogP contribution is 2.50. The highest BCUT2D eigenvalue weighted by Gasteiger charge is 2.42. The van der Waals surface area contributed by atoms with E-state index in [1.165, 1.54) is 5.56 Å². The van der Waals surface area contributed by atoms with Gasteiger partial charge in [-0.1, -0.05) is 42.0 Å². The fourth-order valence-corrected chi connectivity index (χ4v) is 4.15. The zero-order chi connectivity index (χ0) is 20.7. The number of hydrogen-bond acceptors (Lipinski definition) is 5. The molecule has 0 spiro atoms. The van der Waals surface area contributed by atoms with E-state index in [1.54, 1.807) is 14.2 Å². The van der Waals surface area contributed by atoms with Gasteiger partial charge in [0.2, 0.25) is 6.23 Å². The maximum absolute atomic E-state index is 6.49. The molecule has 0 saturated carbocycles. The quantitative estimate of drug-likeness (QED) is 0.600. The molecule has 0 aromatic heterocycles. The minimum Gasteiger partial charge on any atom is -0.497 e. The Morgan fingerprint density at radius 2 is 1.70 bits per heavy atom. The summed E-state index contributed by atoms with van der Waals surface area (Å²) in [6, 6.07) is 22.6. The molecule has 5 nitrogen and oxygen atoms in total. The van der Waals surface area contributed by atoms with Gasteiger partial charge in [0.25, 0.3) is 0 Å². The lowest BCUT2D eigenvalue weighted by atomic mass is 9.95. The average Bonchev–Trinajstić information content (AvgIpc) is 3.24. The fraction of sp³-hybridized carbons (Fsp3) is 0.240. The van der Waals surface area contributed by atoms with Crippen LogP contribution in [0, 0.1) is 6.92 Å². The predicted molar refractivity (Wildman–Crippen MR) is 116 cm³/mol. The van der Waals surface area contributed by atoms with Gasteiger partial charge in [-0.05, 0) is 42.8 Å². The number of benzene rings is 3. The summed E-state index contributed by atoms with van der Waals surface area (Å²) in [5, 5.41) is 7.10. The smallest absolute Gasteiger partial charge is 0.214 e. The fourth-order valence-electron chi connectivity index (χ4n) is 4.15. The molecule has 3 aromatic rings. The summed E-state index contributed by atoms with van der Waals surface area (Å²) in [4.78, 5) is 0. The first-order valence-electron chi connectivity index (χ1n) is 10.1. The number of nitrogens with zero attached hydrogens (tertiary/aromatic N) is 2. The highest BCUT2D eigenvalue weighted by atomic mass is 16.5. The molecule has 0 unspecified atom stereocenters. The normalized spacial score (nSPS) is 19.4. The Bertz CT molecular complexity index is 1090. The maximum Gasteiger partial charge on any atom is 0.214 e. The van der Waals surface area contributed by atoms with Crippen LogP contribution in [0.4, 0.5) is 0 Å². The Hall–Kier alpha value is -3.47. The van der Waals surface area contributed by atoms with Gasteiger partial charge in [0, 0.05) is 17.5 Å². The molecule has 5 heteroatoms. The van der Waals surface area contributed by atoms with Crippen molar-refractivity contribution in [2.24, 2.45) is 5.10 Å². The van der Waals surface area contributed by atoms with Crippen molar-refractivity contribution in [1.82, 2.24) is 5.01 Å². The molecule has 0 N–H and O–H groups in total. The number of para-hydroxylation sites is 1. The molecule has 0 fully saturated rings. The second-order valence-electron chi connectivity index (χ2n) is 7.63. The summed E-state index contributed by atoms with van der Waals surface area (Å²) < 4.78 is 17.4. The standard InChI is InChI=1S/C25H24N2O3/c1-16-7-9-18(10-8-16)25-27-22(20-5-4-6-23(29-3)24(20)30-25)15-21(26-27)17-11-13-19(28-2)14-12-17/h4-14,22,25H,15H2,1-3H3/t22-,25-/m1/s1. The van der Waals surface area contributed by atoms with Crippen molar-refractivity contribution >= 4 is 5.71 Å². The topological polar surface area (TPSA) is 43.3 Å². The molecule has 0 saturated heterocycles. The predicted octanol–water partition coefficient (Wildman–Crippen LogP) is 5.25. The van der Waals surface area contributed by atoms with E-state index in [4.69, 9.17) is 19.3 Å². The monoisotopic (exact) mass is 400 g/mol. The molecule has 0 radical (unpaired) electrons. The van der Waals surface area contributed by atoms with Gasteiger partial charge >= 0.3 is 0 Å².